The minimum atomic E-state index is -0.295. The van der Waals surface area contributed by atoms with Crippen molar-refractivity contribution in [2.45, 2.75) is 599 Å². The molecule has 1 aliphatic heterocycles. The molecule has 0 amide bonds. The van der Waals surface area contributed by atoms with Crippen molar-refractivity contribution >= 4 is 0 Å². The lowest BCUT2D eigenvalue weighted by atomic mass is 9.86. The fraction of sp³-hybridized carbons (Fsp3) is 0.980. The molecule has 1 saturated heterocycles. The summed E-state index contributed by atoms with van der Waals surface area (Å²) in [7, 11) is 3.94. The topological polar surface area (TPSA) is 49.5 Å². The van der Waals surface area contributed by atoms with Crippen LogP contribution in [-0.2, 0) is 23.7 Å². The van der Waals surface area contributed by atoms with Crippen molar-refractivity contribution in [2.24, 2.45) is 0 Å². The van der Waals surface area contributed by atoms with E-state index in [2.05, 4.69) is 75.8 Å². The van der Waals surface area contributed by atoms with Gasteiger partial charge in [0, 0.05) is 14.2 Å². The average molecular weight is 1500 g/mol. The molecule has 0 bridgehead atoms. The Hall–Kier alpha value is -0.460. The first-order chi connectivity index (χ1) is 52.0. The Kier molecular flexibility index (Phi) is 86.7. The van der Waals surface area contributed by atoms with Gasteiger partial charge in [-0.1, -0.05) is 512 Å². The molecule has 0 aromatic heterocycles. The second kappa shape index (κ2) is 85.4. The molecule has 0 N–H and O–H groups in total. The van der Waals surface area contributed by atoms with Crippen LogP contribution < -0.4 is 0 Å². The molecule has 0 radical (unpaired) electrons. The van der Waals surface area contributed by atoms with E-state index in [1.807, 2.05) is 14.2 Å². The summed E-state index contributed by atoms with van der Waals surface area (Å²) in [5.74, 6) is 0. The molecule has 5 heteroatoms. The number of hydrogen-bond acceptors (Lipinski definition) is 5. The Bertz CT molecular complexity index is 1560. The summed E-state index contributed by atoms with van der Waals surface area (Å²) in [6.07, 6.45) is 106. The van der Waals surface area contributed by atoms with E-state index in [1.165, 1.54) is 474 Å². The molecule has 0 aromatic carbocycles. The number of unbranched alkanes of at least 4 members (excludes halogenated alkanes) is 59. The molecule has 0 atom stereocenters. The predicted molar refractivity (Wildman–Crippen MR) is 478 cm³/mol. The van der Waals surface area contributed by atoms with Gasteiger partial charge in [-0.05, 0) is 77.0 Å². The SMILES string of the molecule is C=C(CCCCCCCC)CCCCCCCCC.CCCCCCCCCC(CCCCCCCCC)(COC(CCCCCCCCC)(CCCCCCCCC)COC(CCCCCCCCC)(CCCCCCCCC)COC)OC.CCCCCCCCCC1(CCCCCCCCC)CO1. The van der Waals surface area contributed by atoms with Crippen molar-refractivity contribution in [3.8, 4) is 0 Å². The van der Waals surface area contributed by atoms with E-state index in [-0.39, 0.29) is 16.8 Å². The molecule has 0 spiro atoms. The molecule has 1 fully saturated rings. The van der Waals surface area contributed by atoms with Gasteiger partial charge < -0.3 is 23.7 Å². The van der Waals surface area contributed by atoms with E-state index in [0.717, 1.165) is 45.1 Å². The van der Waals surface area contributed by atoms with Crippen molar-refractivity contribution in [1.82, 2.24) is 0 Å². The fourth-order valence-corrected chi connectivity index (χ4v) is 16.6. The summed E-state index contributed by atoms with van der Waals surface area (Å²) in [4.78, 5) is 0. The van der Waals surface area contributed by atoms with Gasteiger partial charge in [0.15, 0.2) is 0 Å². The summed E-state index contributed by atoms with van der Waals surface area (Å²) >= 11 is 0. The zero-order valence-electron chi connectivity index (χ0n) is 75.9. The first-order valence-corrected chi connectivity index (χ1v) is 49.7. The third-order valence-electron chi connectivity index (χ3n) is 24.6. The van der Waals surface area contributed by atoms with Gasteiger partial charge in [-0.3, -0.25) is 0 Å². The van der Waals surface area contributed by atoms with Crippen LogP contribution >= 0.6 is 0 Å². The molecule has 5 nitrogen and oxygen atoms in total. The fourth-order valence-electron chi connectivity index (χ4n) is 16.6. The molecule has 0 unspecified atom stereocenters. The van der Waals surface area contributed by atoms with Gasteiger partial charge in [0.05, 0.1) is 48.8 Å². The average Bonchev–Trinajstić information content (AvgIpc) is 1.51. The number of methoxy groups -OCH3 is 2. The number of allylic oxidation sites excluding steroid dienone is 1. The molecule has 1 rings (SSSR count). The van der Waals surface area contributed by atoms with Crippen LogP contribution in [0.1, 0.15) is 576 Å². The number of rotatable bonds is 88. The Morgan fingerprint density at radius 3 is 0.632 bits per heavy atom. The summed E-state index contributed by atoms with van der Waals surface area (Å²) in [6.45, 7) is 30.5. The van der Waals surface area contributed by atoms with E-state index in [9.17, 15) is 0 Å². The lowest BCUT2D eigenvalue weighted by molar-refractivity contribution is -0.197. The van der Waals surface area contributed by atoms with Gasteiger partial charge in [0.25, 0.3) is 0 Å². The van der Waals surface area contributed by atoms with Gasteiger partial charge in [-0.2, -0.15) is 0 Å². The Morgan fingerprint density at radius 1 is 0.245 bits per heavy atom. The quantitative estimate of drug-likeness (QED) is 0.0345. The van der Waals surface area contributed by atoms with Gasteiger partial charge in [-0.25, -0.2) is 0 Å². The third kappa shape index (κ3) is 72.5. The Morgan fingerprint density at radius 2 is 0.425 bits per heavy atom. The number of epoxide rings is 1. The first kappa shape index (κ1) is 108. The minimum absolute atomic E-state index is 0.225. The molecule has 0 aliphatic carbocycles. The standard InChI is InChI=1S/C62H126O4.C20H40O.C19H38/c1-9-15-21-27-33-39-45-51-60(64-8,52-46-40-34-28-22-16-10-2)58-65-62(55-49-43-37-31-25-19-13-5,56-50-44-38-32-26-20-14-6)59-66-61(57-63-7,53-47-41-35-29-23-17-11-3)54-48-42-36-30-24-18-12-4;1-3-5-7-9-11-13-15-17-20(19-21-20)18-16-14-12-10-8-6-4-2;1-4-6-8-10-12-14-16-18-19(3)17-15-13-11-9-7-5-2/h9-59H2,1-8H3;3-19H2,1-2H3;3-18H2,1-2H3. The second-order valence-electron chi connectivity index (χ2n) is 35.3. The molecule has 0 saturated carbocycles. The molecule has 106 heavy (non-hydrogen) atoms. The smallest absolute Gasteiger partial charge is 0.0916 e. The van der Waals surface area contributed by atoms with Crippen molar-refractivity contribution in [2.75, 3.05) is 40.6 Å². The highest BCUT2D eigenvalue weighted by Crippen LogP contribution is 2.40. The van der Waals surface area contributed by atoms with E-state index in [4.69, 9.17) is 23.7 Å². The normalized spacial score (nSPS) is 13.0. The lowest BCUT2D eigenvalue weighted by Gasteiger charge is -2.43. The summed E-state index contributed by atoms with van der Waals surface area (Å²) in [6, 6.07) is 0. The zero-order valence-corrected chi connectivity index (χ0v) is 75.9. The predicted octanol–water partition coefficient (Wildman–Crippen LogP) is 35.8. The zero-order chi connectivity index (χ0) is 77.8. The first-order valence-electron chi connectivity index (χ1n) is 49.7. The molecule has 638 valence electrons. The van der Waals surface area contributed by atoms with Crippen LogP contribution in [0.4, 0.5) is 0 Å². The molecular weight excluding hydrogens is 1290 g/mol. The van der Waals surface area contributed by atoms with Gasteiger partial charge in [0.1, 0.15) is 0 Å². The molecule has 0 aromatic rings. The maximum absolute atomic E-state index is 7.74. The number of hydrogen-bond donors (Lipinski definition) is 0. The lowest BCUT2D eigenvalue weighted by Crippen LogP contribution is -2.49. The second-order valence-corrected chi connectivity index (χ2v) is 35.3. The summed E-state index contributed by atoms with van der Waals surface area (Å²) in [5, 5.41) is 0. The highest BCUT2D eigenvalue weighted by atomic mass is 16.6. The Labute approximate surface area is 671 Å². The van der Waals surface area contributed by atoms with Crippen LogP contribution in [0.5, 0.6) is 0 Å². The van der Waals surface area contributed by atoms with Gasteiger partial charge in [0.2, 0.25) is 0 Å². The van der Waals surface area contributed by atoms with Crippen molar-refractivity contribution < 1.29 is 23.7 Å². The molecular formula is C101H204O5. The van der Waals surface area contributed by atoms with Crippen LogP contribution in [0.25, 0.3) is 0 Å². The largest absolute Gasteiger partial charge is 0.382 e. The number of ether oxygens (including phenoxy) is 5. The van der Waals surface area contributed by atoms with Crippen LogP contribution in [-0.4, -0.2) is 63.1 Å². The Balaban J connectivity index is 0. The van der Waals surface area contributed by atoms with Crippen LogP contribution in [0.2, 0.25) is 0 Å². The van der Waals surface area contributed by atoms with E-state index >= 15 is 0 Å². The van der Waals surface area contributed by atoms with Crippen LogP contribution in [0.15, 0.2) is 12.2 Å². The molecule has 1 aliphatic rings. The van der Waals surface area contributed by atoms with Gasteiger partial charge in [-0.15, -0.1) is 0 Å². The minimum Gasteiger partial charge on any atom is -0.382 e. The van der Waals surface area contributed by atoms with Crippen molar-refractivity contribution in [3.05, 3.63) is 12.2 Å². The summed E-state index contributed by atoms with van der Waals surface area (Å²) < 4.78 is 34.2. The van der Waals surface area contributed by atoms with Crippen LogP contribution in [0.3, 0.4) is 0 Å². The monoisotopic (exact) mass is 1500 g/mol. The van der Waals surface area contributed by atoms with Gasteiger partial charge >= 0.3 is 0 Å². The maximum Gasteiger partial charge on any atom is 0.0916 e. The van der Waals surface area contributed by atoms with Crippen molar-refractivity contribution in [1.29, 1.82) is 0 Å². The third-order valence-corrected chi connectivity index (χ3v) is 24.6. The van der Waals surface area contributed by atoms with E-state index in [1.54, 1.807) is 0 Å². The summed E-state index contributed by atoms with van der Waals surface area (Å²) in [5.41, 5.74) is 1.08. The molecule has 1 heterocycles. The van der Waals surface area contributed by atoms with Crippen LogP contribution in [0, 0.1) is 0 Å². The van der Waals surface area contributed by atoms with Crippen molar-refractivity contribution in [3.63, 3.8) is 0 Å². The highest BCUT2D eigenvalue weighted by Gasteiger charge is 2.43. The maximum atomic E-state index is 7.74. The van der Waals surface area contributed by atoms with E-state index in [0.29, 0.717) is 25.4 Å². The van der Waals surface area contributed by atoms with E-state index < -0.39 is 0 Å². The highest BCUT2D eigenvalue weighted by molar-refractivity contribution is 4.94.